The molecular formula is C15H20N2O2. The SMILES string of the molecule is CC(C)C(=O)Nc1cccc(CNC(=O)C2CC2)c1. The first-order valence-corrected chi connectivity index (χ1v) is 6.74. The van der Waals surface area contributed by atoms with Gasteiger partial charge in [-0.1, -0.05) is 26.0 Å². The normalized spacial score (nSPS) is 14.3. The highest BCUT2D eigenvalue weighted by Crippen LogP contribution is 2.28. The fourth-order valence-corrected chi connectivity index (χ4v) is 1.72. The van der Waals surface area contributed by atoms with Gasteiger partial charge in [-0.25, -0.2) is 0 Å². The van der Waals surface area contributed by atoms with E-state index in [1.165, 1.54) is 0 Å². The van der Waals surface area contributed by atoms with Crippen LogP contribution in [0.15, 0.2) is 24.3 Å². The molecule has 19 heavy (non-hydrogen) atoms. The second kappa shape index (κ2) is 5.87. The Labute approximate surface area is 113 Å². The molecule has 2 amide bonds. The third-order valence-electron chi connectivity index (χ3n) is 3.13. The van der Waals surface area contributed by atoms with Crippen molar-refractivity contribution in [3.05, 3.63) is 29.8 Å². The van der Waals surface area contributed by atoms with Crippen molar-refractivity contribution in [1.29, 1.82) is 0 Å². The fourth-order valence-electron chi connectivity index (χ4n) is 1.72. The lowest BCUT2D eigenvalue weighted by Gasteiger charge is -2.10. The van der Waals surface area contributed by atoms with Gasteiger partial charge in [-0.2, -0.15) is 0 Å². The molecule has 1 saturated carbocycles. The lowest BCUT2D eigenvalue weighted by molar-refractivity contribution is -0.122. The van der Waals surface area contributed by atoms with Gasteiger partial charge in [-0.05, 0) is 30.5 Å². The lowest BCUT2D eigenvalue weighted by atomic mass is 10.1. The summed E-state index contributed by atoms with van der Waals surface area (Å²) in [5.41, 5.74) is 1.77. The van der Waals surface area contributed by atoms with Gasteiger partial charge in [-0.15, -0.1) is 0 Å². The summed E-state index contributed by atoms with van der Waals surface area (Å²) in [6.45, 7) is 4.23. The van der Waals surface area contributed by atoms with Crippen molar-refractivity contribution in [3.63, 3.8) is 0 Å². The second-order valence-electron chi connectivity index (χ2n) is 5.34. The topological polar surface area (TPSA) is 58.2 Å². The predicted octanol–water partition coefficient (Wildman–Crippen LogP) is 2.31. The summed E-state index contributed by atoms with van der Waals surface area (Å²) in [5.74, 6) is 0.317. The maximum absolute atomic E-state index is 11.6. The molecule has 1 fully saturated rings. The number of hydrogen-bond donors (Lipinski definition) is 2. The van der Waals surface area contributed by atoms with E-state index in [0.29, 0.717) is 6.54 Å². The van der Waals surface area contributed by atoms with Crippen LogP contribution in [-0.4, -0.2) is 11.8 Å². The van der Waals surface area contributed by atoms with Crippen molar-refractivity contribution in [2.75, 3.05) is 5.32 Å². The highest BCUT2D eigenvalue weighted by atomic mass is 16.2. The van der Waals surface area contributed by atoms with E-state index in [9.17, 15) is 9.59 Å². The van der Waals surface area contributed by atoms with E-state index in [1.807, 2.05) is 38.1 Å². The summed E-state index contributed by atoms with van der Waals surface area (Å²) in [5, 5.41) is 5.77. The number of amides is 2. The molecule has 0 atom stereocenters. The van der Waals surface area contributed by atoms with Crippen molar-refractivity contribution in [2.24, 2.45) is 11.8 Å². The highest BCUT2D eigenvalue weighted by Gasteiger charge is 2.29. The quantitative estimate of drug-likeness (QED) is 0.853. The van der Waals surface area contributed by atoms with E-state index < -0.39 is 0 Å². The Bertz CT molecular complexity index is 479. The molecule has 1 aromatic carbocycles. The van der Waals surface area contributed by atoms with E-state index in [-0.39, 0.29) is 23.7 Å². The van der Waals surface area contributed by atoms with Crippen LogP contribution in [0.3, 0.4) is 0 Å². The number of hydrogen-bond acceptors (Lipinski definition) is 2. The van der Waals surface area contributed by atoms with Gasteiger partial charge in [0.05, 0.1) is 0 Å². The molecule has 0 unspecified atom stereocenters. The zero-order chi connectivity index (χ0) is 13.8. The highest BCUT2D eigenvalue weighted by molar-refractivity contribution is 5.92. The van der Waals surface area contributed by atoms with Gasteiger partial charge in [0.25, 0.3) is 0 Å². The summed E-state index contributed by atoms with van der Waals surface area (Å²) in [4.78, 5) is 23.2. The lowest BCUT2D eigenvalue weighted by Crippen LogP contribution is -2.24. The molecule has 0 saturated heterocycles. The number of nitrogens with one attached hydrogen (secondary N) is 2. The first-order chi connectivity index (χ1) is 9.06. The number of carbonyl (C=O) groups excluding carboxylic acids is 2. The van der Waals surface area contributed by atoms with Crippen molar-refractivity contribution in [1.82, 2.24) is 5.32 Å². The van der Waals surface area contributed by atoms with Crippen molar-refractivity contribution in [2.45, 2.75) is 33.2 Å². The van der Waals surface area contributed by atoms with Crippen LogP contribution in [0.25, 0.3) is 0 Å². The first kappa shape index (κ1) is 13.6. The number of benzene rings is 1. The molecule has 4 nitrogen and oxygen atoms in total. The third kappa shape index (κ3) is 4.09. The van der Waals surface area contributed by atoms with Crippen LogP contribution in [0.1, 0.15) is 32.3 Å². The Hall–Kier alpha value is -1.84. The molecule has 1 aliphatic rings. The Morgan fingerprint density at radius 3 is 2.68 bits per heavy atom. The van der Waals surface area contributed by atoms with E-state index in [1.54, 1.807) is 0 Å². The van der Waals surface area contributed by atoms with E-state index in [4.69, 9.17) is 0 Å². The van der Waals surface area contributed by atoms with Crippen LogP contribution in [0.5, 0.6) is 0 Å². The van der Waals surface area contributed by atoms with E-state index in [0.717, 1.165) is 24.1 Å². The first-order valence-electron chi connectivity index (χ1n) is 6.74. The minimum atomic E-state index is -0.0433. The van der Waals surface area contributed by atoms with Gasteiger partial charge in [0.15, 0.2) is 0 Å². The molecule has 0 aromatic heterocycles. The second-order valence-corrected chi connectivity index (χ2v) is 5.34. The number of anilines is 1. The monoisotopic (exact) mass is 260 g/mol. The summed E-state index contributed by atoms with van der Waals surface area (Å²) >= 11 is 0. The molecule has 2 rings (SSSR count). The smallest absolute Gasteiger partial charge is 0.226 e. The van der Waals surface area contributed by atoms with Crippen molar-refractivity contribution in [3.8, 4) is 0 Å². The molecular weight excluding hydrogens is 240 g/mol. The average Bonchev–Trinajstić information content (AvgIpc) is 3.20. The van der Waals surface area contributed by atoms with E-state index >= 15 is 0 Å². The Morgan fingerprint density at radius 2 is 2.05 bits per heavy atom. The Balaban J connectivity index is 1.90. The standard InChI is InChI=1S/C15H20N2O2/c1-10(2)14(18)17-13-5-3-4-11(8-13)9-16-15(19)12-6-7-12/h3-5,8,10,12H,6-7,9H2,1-2H3,(H,16,19)(H,17,18). The van der Waals surface area contributed by atoms with Crippen LogP contribution in [0, 0.1) is 11.8 Å². The zero-order valence-corrected chi connectivity index (χ0v) is 11.4. The number of rotatable bonds is 5. The van der Waals surface area contributed by atoms with Gasteiger partial charge < -0.3 is 10.6 Å². The molecule has 1 aromatic rings. The van der Waals surface area contributed by atoms with Crippen LogP contribution in [-0.2, 0) is 16.1 Å². The summed E-state index contributed by atoms with van der Waals surface area (Å²) in [6, 6.07) is 7.58. The average molecular weight is 260 g/mol. The zero-order valence-electron chi connectivity index (χ0n) is 11.4. The Kier molecular flexibility index (Phi) is 4.20. The maximum Gasteiger partial charge on any atom is 0.226 e. The van der Waals surface area contributed by atoms with Gasteiger partial charge >= 0.3 is 0 Å². The molecule has 4 heteroatoms. The minimum Gasteiger partial charge on any atom is -0.352 e. The van der Waals surface area contributed by atoms with Gasteiger partial charge in [-0.3, -0.25) is 9.59 Å². The third-order valence-corrected chi connectivity index (χ3v) is 3.13. The molecule has 2 N–H and O–H groups in total. The van der Waals surface area contributed by atoms with Gasteiger partial charge in [0, 0.05) is 24.1 Å². The molecule has 0 radical (unpaired) electrons. The molecule has 0 aliphatic heterocycles. The predicted molar refractivity (Wildman–Crippen MR) is 74.5 cm³/mol. The van der Waals surface area contributed by atoms with Crippen molar-refractivity contribution >= 4 is 17.5 Å². The van der Waals surface area contributed by atoms with Crippen LogP contribution >= 0.6 is 0 Å². The van der Waals surface area contributed by atoms with Crippen molar-refractivity contribution < 1.29 is 9.59 Å². The molecule has 102 valence electrons. The van der Waals surface area contributed by atoms with Crippen LogP contribution in [0.4, 0.5) is 5.69 Å². The summed E-state index contributed by atoms with van der Waals surface area (Å²) < 4.78 is 0. The number of carbonyl (C=O) groups is 2. The minimum absolute atomic E-state index is 0.000772. The van der Waals surface area contributed by atoms with E-state index in [2.05, 4.69) is 10.6 Å². The summed E-state index contributed by atoms with van der Waals surface area (Å²) in [6.07, 6.45) is 2.02. The van der Waals surface area contributed by atoms with Gasteiger partial charge in [0.2, 0.25) is 11.8 Å². The fraction of sp³-hybridized carbons (Fsp3) is 0.467. The van der Waals surface area contributed by atoms with Crippen LogP contribution in [0.2, 0.25) is 0 Å². The molecule has 0 heterocycles. The van der Waals surface area contributed by atoms with Gasteiger partial charge in [0.1, 0.15) is 0 Å². The molecule has 0 bridgehead atoms. The largest absolute Gasteiger partial charge is 0.352 e. The van der Waals surface area contributed by atoms with Crippen LogP contribution < -0.4 is 10.6 Å². The Morgan fingerprint density at radius 1 is 1.32 bits per heavy atom. The molecule has 1 aliphatic carbocycles. The summed E-state index contributed by atoms with van der Waals surface area (Å²) in [7, 11) is 0. The molecule has 0 spiro atoms. The maximum atomic E-state index is 11.6.